The quantitative estimate of drug-likeness (QED) is 0.768. The zero-order valence-electron chi connectivity index (χ0n) is 14.1. The molecule has 1 atom stereocenters. The van der Waals surface area contributed by atoms with Crippen molar-refractivity contribution < 1.29 is 9.53 Å². The average Bonchev–Trinajstić information content (AvgIpc) is 3.00. The summed E-state index contributed by atoms with van der Waals surface area (Å²) >= 11 is 0. The summed E-state index contributed by atoms with van der Waals surface area (Å²) in [5, 5.41) is 0. The number of nitrogens with zero attached hydrogens (tertiary/aromatic N) is 5. The maximum absolute atomic E-state index is 12.6. The van der Waals surface area contributed by atoms with Crippen LogP contribution in [0.3, 0.4) is 0 Å². The van der Waals surface area contributed by atoms with Crippen LogP contribution in [-0.2, 0) is 23.1 Å². The van der Waals surface area contributed by atoms with Gasteiger partial charge in [-0.2, -0.15) is 0 Å². The number of aryl methyl sites for hydroxylation is 1. The van der Waals surface area contributed by atoms with Crippen LogP contribution >= 0.6 is 0 Å². The third-order valence-corrected chi connectivity index (χ3v) is 4.92. The summed E-state index contributed by atoms with van der Waals surface area (Å²) in [6, 6.07) is -0.0385. The van der Waals surface area contributed by atoms with Crippen LogP contribution in [0.25, 0.3) is 0 Å². The molecular formula is C16H27N5O2. The fraction of sp³-hybridized carbons (Fsp3) is 0.750. The van der Waals surface area contributed by atoms with Crippen LogP contribution in [0.1, 0.15) is 12.7 Å². The normalized spacial score (nSPS) is 22.3. The Labute approximate surface area is 137 Å². The van der Waals surface area contributed by atoms with Crippen LogP contribution in [0.2, 0.25) is 0 Å². The highest BCUT2D eigenvalue weighted by Crippen LogP contribution is 2.12. The number of carbonyl (C=O) groups excluding carboxylic acids is 1. The van der Waals surface area contributed by atoms with Crippen molar-refractivity contribution in [3.63, 3.8) is 0 Å². The molecule has 3 heterocycles. The van der Waals surface area contributed by atoms with Gasteiger partial charge in [-0.15, -0.1) is 0 Å². The van der Waals surface area contributed by atoms with E-state index in [2.05, 4.69) is 19.4 Å². The Bertz CT molecular complexity index is 518. The molecule has 128 valence electrons. The van der Waals surface area contributed by atoms with E-state index in [1.54, 1.807) is 0 Å². The SMILES string of the molecule is C[C@@H](C(=O)N1CCOCC1)N1CCN(Cc2nccn2C)CC1. The second-order valence-corrected chi connectivity index (χ2v) is 6.38. The maximum Gasteiger partial charge on any atom is 0.239 e. The molecule has 2 aliphatic heterocycles. The summed E-state index contributed by atoms with van der Waals surface area (Å²) in [6.07, 6.45) is 3.82. The van der Waals surface area contributed by atoms with E-state index in [0.717, 1.165) is 51.6 Å². The number of hydrogen-bond donors (Lipinski definition) is 0. The summed E-state index contributed by atoms with van der Waals surface area (Å²) in [7, 11) is 2.03. The first kappa shape index (κ1) is 16.4. The molecule has 1 aromatic heterocycles. The highest BCUT2D eigenvalue weighted by Gasteiger charge is 2.29. The Kier molecular flexibility index (Phi) is 5.30. The van der Waals surface area contributed by atoms with E-state index < -0.39 is 0 Å². The minimum absolute atomic E-state index is 0.0385. The summed E-state index contributed by atoms with van der Waals surface area (Å²) in [5.74, 6) is 1.33. The molecule has 0 unspecified atom stereocenters. The average molecular weight is 321 g/mol. The minimum Gasteiger partial charge on any atom is -0.378 e. The first-order chi connectivity index (χ1) is 11.1. The van der Waals surface area contributed by atoms with Crippen molar-refractivity contribution in [1.29, 1.82) is 0 Å². The van der Waals surface area contributed by atoms with Crippen molar-refractivity contribution >= 4 is 5.91 Å². The van der Waals surface area contributed by atoms with Gasteiger partial charge in [0.25, 0.3) is 0 Å². The maximum atomic E-state index is 12.6. The lowest BCUT2D eigenvalue weighted by molar-refractivity contribution is -0.141. The number of rotatable bonds is 4. The van der Waals surface area contributed by atoms with E-state index in [9.17, 15) is 4.79 Å². The molecule has 0 spiro atoms. The number of ether oxygens (including phenoxy) is 1. The van der Waals surface area contributed by atoms with Gasteiger partial charge in [-0.05, 0) is 6.92 Å². The number of morpholine rings is 1. The molecule has 2 saturated heterocycles. The number of piperazine rings is 1. The first-order valence-corrected chi connectivity index (χ1v) is 8.44. The fourth-order valence-corrected chi connectivity index (χ4v) is 3.26. The van der Waals surface area contributed by atoms with E-state index in [1.165, 1.54) is 0 Å². The molecule has 2 fully saturated rings. The second kappa shape index (κ2) is 7.42. The second-order valence-electron chi connectivity index (χ2n) is 6.38. The Morgan fingerprint density at radius 3 is 2.52 bits per heavy atom. The standard InChI is InChI=1S/C16H27N5O2/c1-14(16(22)21-9-11-23-12-10-21)20-7-5-19(6-8-20)13-15-17-3-4-18(15)2/h3-4,14H,5-13H2,1-2H3/t14-/m0/s1. The van der Waals surface area contributed by atoms with E-state index in [1.807, 2.05) is 31.3 Å². The van der Waals surface area contributed by atoms with Gasteiger partial charge in [-0.1, -0.05) is 0 Å². The topological polar surface area (TPSA) is 53.8 Å². The number of imidazole rings is 1. The van der Waals surface area contributed by atoms with Crippen LogP contribution in [0, 0.1) is 0 Å². The molecule has 0 aliphatic carbocycles. The monoisotopic (exact) mass is 321 g/mol. The lowest BCUT2D eigenvalue weighted by Crippen LogP contribution is -2.55. The molecule has 3 rings (SSSR count). The van der Waals surface area contributed by atoms with Gasteiger partial charge in [0.1, 0.15) is 5.82 Å². The van der Waals surface area contributed by atoms with Crippen molar-refractivity contribution in [2.24, 2.45) is 7.05 Å². The number of aromatic nitrogens is 2. The largest absolute Gasteiger partial charge is 0.378 e. The number of hydrogen-bond acceptors (Lipinski definition) is 5. The molecular weight excluding hydrogens is 294 g/mol. The summed E-state index contributed by atoms with van der Waals surface area (Å²) < 4.78 is 7.39. The Morgan fingerprint density at radius 1 is 1.22 bits per heavy atom. The molecule has 0 radical (unpaired) electrons. The van der Waals surface area contributed by atoms with E-state index in [-0.39, 0.29) is 11.9 Å². The van der Waals surface area contributed by atoms with Crippen molar-refractivity contribution in [3.8, 4) is 0 Å². The van der Waals surface area contributed by atoms with Gasteiger partial charge in [-0.25, -0.2) is 4.98 Å². The molecule has 0 N–H and O–H groups in total. The molecule has 0 saturated carbocycles. The molecule has 1 amide bonds. The highest BCUT2D eigenvalue weighted by molar-refractivity contribution is 5.81. The summed E-state index contributed by atoms with van der Waals surface area (Å²) in [5.41, 5.74) is 0. The van der Waals surface area contributed by atoms with Gasteiger partial charge in [0.2, 0.25) is 5.91 Å². The molecule has 1 aromatic rings. The predicted octanol–water partition coefficient (Wildman–Crippen LogP) is -0.215. The lowest BCUT2D eigenvalue weighted by atomic mass is 10.2. The molecule has 0 bridgehead atoms. The van der Waals surface area contributed by atoms with E-state index in [0.29, 0.717) is 13.2 Å². The summed E-state index contributed by atoms with van der Waals surface area (Å²) in [4.78, 5) is 23.6. The molecule has 2 aliphatic rings. The zero-order valence-corrected chi connectivity index (χ0v) is 14.1. The van der Waals surface area contributed by atoms with E-state index in [4.69, 9.17) is 4.74 Å². The van der Waals surface area contributed by atoms with Gasteiger partial charge in [0.05, 0.1) is 25.8 Å². The summed E-state index contributed by atoms with van der Waals surface area (Å²) in [6.45, 7) is 9.51. The Morgan fingerprint density at radius 2 is 1.91 bits per heavy atom. The third-order valence-electron chi connectivity index (χ3n) is 4.92. The van der Waals surface area contributed by atoms with E-state index >= 15 is 0 Å². The third kappa shape index (κ3) is 3.91. The van der Waals surface area contributed by atoms with Crippen molar-refractivity contribution in [1.82, 2.24) is 24.3 Å². The smallest absolute Gasteiger partial charge is 0.239 e. The first-order valence-electron chi connectivity index (χ1n) is 8.44. The molecule has 7 heteroatoms. The molecule has 7 nitrogen and oxygen atoms in total. The van der Waals surface area contributed by atoms with Crippen LogP contribution in [0.4, 0.5) is 0 Å². The van der Waals surface area contributed by atoms with Gasteiger partial charge >= 0.3 is 0 Å². The minimum atomic E-state index is -0.0385. The highest BCUT2D eigenvalue weighted by atomic mass is 16.5. The molecule has 0 aromatic carbocycles. The predicted molar refractivity (Wildman–Crippen MR) is 86.9 cm³/mol. The lowest BCUT2D eigenvalue weighted by Gasteiger charge is -2.39. The Hall–Kier alpha value is -1.44. The van der Waals surface area contributed by atoms with Gasteiger partial charge < -0.3 is 14.2 Å². The van der Waals surface area contributed by atoms with Gasteiger partial charge in [-0.3, -0.25) is 14.6 Å². The van der Waals surface area contributed by atoms with Crippen LogP contribution in [0.5, 0.6) is 0 Å². The zero-order chi connectivity index (χ0) is 16.2. The van der Waals surface area contributed by atoms with Crippen molar-refractivity contribution in [3.05, 3.63) is 18.2 Å². The molecule has 23 heavy (non-hydrogen) atoms. The number of amides is 1. The van der Waals surface area contributed by atoms with Gasteiger partial charge in [0.15, 0.2) is 0 Å². The van der Waals surface area contributed by atoms with Crippen LogP contribution < -0.4 is 0 Å². The van der Waals surface area contributed by atoms with Crippen LogP contribution in [0.15, 0.2) is 12.4 Å². The van der Waals surface area contributed by atoms with Crippen molar-refractivity contribution in [2.45, 2.75) is 19.5 Å². The fourth-order valence-electron chi connectivity index (χ4n) is 3.26. The number of carbonyl (C=O) groups is 1. The van der Waals surface area contributed by atoms with Gasteiger partial charge in [0, 0.05) is 58.7 Å². The van der Waals surface area contributed by atoms with Crippen molar-refractivity contribution in [2.75, 3.05) is 52.5 Å². The Balaban J connectivity index is 1.48. The van der Waals surface area contributed by atoms with Crippen LogP contribution in [-0.4, -0.2) is 88.7 Å².